The normalized spacial score (nSPS) is 26.8. The fourth-order valence-electron chi connectivity index (χ4n) is 3.54. The standard InChI is InChI=1S/C20H30N2O4/c1-11-12(2)18(24)16(13(3)17(11)23)9-10-20(4,26)19(25)22-15-7-5-14(21)6-8-15/h14-15,26H,5-10,21H2,1-4H3,(H,22,25)/t14?,15?,20-/m0/s1. The summed E-state index contributed by atoms with van der Waals surface area (Å²) in [7, 11) is 0. The minimum Gasteiger partial charge on any atom is -0.380 e. The molecule has 0 unspecified atom stereocenters. The second-order valence-corrected chi connectivity index (χ2v) is 7.87. The second-order valence-electron chi connectivity index (χ2n) is 7.87. The largest absolute Gasteiger partial charge is 0.380 e. The number of hydrogen-bond acceptors (Lipinski definition) is 5. The minimum absolute atomic E-state index is 0.0282. The lowest BCUT2D eigenvalue weighted by Gasteiger charge is -2.30. The van der Waals surface area contributed by atoms with Gasteiger partial charge in [-0.25, -0.2) is 0 Å². The quantitative estimate of drug-likeness (QED) is 0.645. The molecule has 1 atom stereocenters. The number of aliphatic hydroxyl groups is 1. The van der Waals surface area contributed by atoms with Crippen molar-refractivity contribution in [2.75, 3.05) is 0 Å². The third-order valence-corrected chi connectivity index (χ3v) is 5.77. The van der Waals surface area contributed by atoms with E-state index < -0.39 is 11.5 Å². The van der Waals surface area contributed by atoms with Crippen LogP contribution in [-0.2, 0) is 14.4 Å². The third-order valence-electron chi connectivity index (χ3n) is 5.77. The minimum atomic E-state index is -1.60. The van der Waals surface area contributed by atoms with Crippen LogP contribution in [0.25, 0.3) is 0 Å². The zero-order valence-electron chi connectivity index (χ0n) is 16.1. The molecule has 6 heteroatoms. The predicted molar refractivity (Wildman–Crippen MR) is 99.3 cm³/mol. The number of hydrogen-bond donors (Lipinski definition) is 3. The SMILES string of the molecule is CC1=C(C)C(=O)C(CC[C@](C)(O)C(=O)NC2CCC(N)CC2)=C(C)C1=O. The van der Waals surface area contributed by atoms with Gasteiger partial charge in [-0.05, 0) is 66.2 Å². The molecule has 6 nitrogen and oxygen atoms in total. The molecular formula is C20H30N2O4. The van der Waals surface area contributed by atoms with Gasteiger partial charge >= 0.3 is 0 Å². The average molecular weight is 362 g/mol. The molecule has 1 fully saturated rings. The highest BCUT2D eigenvalue weighted by Gasteiger charge is 2.35. The van der Waals surface area contributed by atoms with E-state index in [1.54, 1.807) is 20.8 Å². The lowest BCUT2D eigenvalue weighted by atomic mass is 9.82. The summed E-state index contributed by atoms with van der Waals surface area (Å²) in [6.45, 7) is 6.37. The Hall–Kier alpha value is -1.79. The fourth-order valence-corrected chi connectivity index (χ4v) is 3.54. The van der Waals surface area contributed by atoms with E-state index in [2.05, 4.69) is 5.32 Å². The van der Waals surface area contributed by atoms with Gasteiger partial charge < -0.3 is 16.2 Å². The van der Waals surface area contributed by atoms with Crippen LogP contribution in [0.4, 0.5) is 0 Å². The van der Waals surface area contributed by atoms with Gasteiger partial charge in [-0.1, -0.05) is 0 Å². The van der Waals surface area contributed by atoms with Crippen molar-refractivity contribution >= 4 is 17.5 Å². The molecule has 0 heterocycles. The second kappa shape index (κ2) is 7.84. The molecule has 144 valence electrons. The molecule has 0 bridgehead atoms. The molecule has 0 aromatic heterocycles. The van der Waals surface area contributed by atoms with E-state index >= 15 is 0 Å². The lowest BCUT2D eigenvalue weighted by molar-refractivity contribution is -0.139. The number of Topliss-reactive ketones (excluding diaryl/α,β-unsaturated/α-hetero) is 2. The Morgan fingerprint density at radius 3 is 2.19 bits per heavy atom. The number of carbonyl (C=O) groups excluding carboxylic acids is 3. The summed E-state index contributed by atoms with van der Waals surface area (Å²) in [6, 6.07) is 0.216. The molecule has 0 radical (unpaired) electrons. The van der Waals surface area contributed by atoms with E-state index in [4.69, 9.17) is 5.73 Å². The summed E-state index contributed by atoms with van der Waals surface area (Å²) in [6.07, 6.45) is 3.62. The maximum absolute atomic E-state index is 12.5. The molecular weight excluding hydrogens is 332 g/mol. The van der Waals surface area contributed by atoms with Gasteiger partial charge in [0.05, 0.1) is 0 Å². The Kier molecular flexibility index (Phi) is 6.19. The van der Waals surface area contributed by atoms with Crippen molar-refractivity contribution in [3.05, 3.63) is 22.3 Å². The van der Waals surface area contributed by atoms with Gasteiger partial charge in [0.15, 0.2) is 11.6 Å². The van der Waals surface area contributed by atoms with Crippen molar-refractivity contribution in [2.24, 2.45) is 5.73 Å². The molecule has 2 aliphatic rings. The number of nitrogens with one attached hydrogen (secondary N) is 1. The van der Waals surface area contributed by atoms with Crippen LogP contribution in [0.2, 0.25) is 0 Å². The topological polar surface area (TPSA) is 109 Å². The molecule has 4 N–H and O–H groups in total. The first-order valence-corrected chi connectivity index (χ1v) is 9.30. The van der Waals surface area contributed by atoms with Crippen LogP contribution < -0.4 is 11.1 Å². The van der Waals surface area contributed by atoms with Gasteiger partial charge in [-0.2, -0.15) is 0 Å². The molecule has 26 heavy (non-hydrogen) atoms. The first-order chi connectivity index (χ1) is 12.0. The Morgan fingerprint density at radius 1 is 1.08 bits per heavy atom. The molecule has 0 aromatic carbocycles. The van der Waals surface area contributed by atoms with Crippen LogP contribution in [0.1, 0.15) is 66.2 Å². The van der Waals surface area contributed by atoms with Crippen molar-refractivity contribution in [1.29, 1.82) is 0 Å². The summed E-state index contributed by atoms with van der Waals surface area (Å²) < 4.78 is 0. The van der Waals surface area contributed by atoms with E-state index in [9.17, 15) is 19.5 Å². The van der Waals surface area contributed by atoms with E-state index in [0.29, 0.717) is 22.3 Å². The van der Waals surface area contributed by atoms with Crippen molar-refractivity contribution in [1.82, 2.24) is 5.32 Å². The number of nitrogens with two attached hydrogens (primary N) is 1. The average Bonchev–Trinajstić information content (AvgIpc) is 2.60. The van der Waals surface area contributed by atoms with E-state index in [0.717, 1.165) is 25.7 Å². The van der Waals surface area contributed by atoms with Crippen LogP contribution in [0.3, 0.4) is 0 Å². The predicted octanol–water partition coefficient (Wildman–Crippen LogP) is 1.71. The molecule has 0 aliphatic heterocycles. The highest BCUT2D eigenvalue weighted by Crippen LogP contribution is 2.29. The molecule has 2 rings (SSSR count). The number of ketones is 2. The van der Waals surface area contributed by atoms with Crippen LogP contribution in [-0.4, -0.2) is 40.3 Å². The monoisotopic (exact) mass is 362 g/mol. The summed E-state index contributed by atoms with van der Waals surface area (Å²) in [5.74, 6) is -0.744. The first kappa shape index (κ1) is 20.5. The van der Waals surface area contributed by atoms with E-state index in [1.165, 1.54) is 6.92 Å². The number of rotatable bonds is 5. The maximum Gasteiger partial charge on any atom is 0.251 e. The highest BCUT2D eigenvalue weighted by molar-refractivity contribution is 6.24. The smallest absolute Gasteiger partial charge is 0.251 e. The Morgan fingerprint density at radius 2 is 1.62 bits per heavy atom. The first-order valence-electron chi connectivity index (χ1n) is 9.30. The highest BCUT2D eigenvalue weighted by atomic mass is 16.3. The number of carbonyl (C=O) groups is 3. The summed E-state index contributed by atoms with van der Waals surface area (Å²) in [5, 5.41) is 13.5. The zero-order valence-corrected chi connectivity index (χ0v) is 16.1. The van der Waals surface area contributed by atoms with Crippen LogP contribution >= 0.6 is 0 Å². The molecule has 0 spiro atoms. The van der Waals surface area contributed by atoms with Gasteiger partial charge in [0.25, 0.3) is 5.91 Å². The molecule has 0 aromatic rings. The molecule has 2 aliphatic carbocycles. The maximum atomic E-state index is 12.5. The van der Waals surface area contributed by atoms with Gasteiger partial charge in [-0.15, -0.1) is 0 Å². The van der Waals surface area contributed by atoms with Gasteiger partial charge in [0.2, 0.25) is 0 Å². The molecule has 1 amide bonds. The Labute approximate surface area is 154 Å². The van der Waals surface area contributed by atoms with Gasteiger partial charge in [0.1, 0.15) is 5.60 Å². The van der Waals surface area contributed by atoms with Crippen molar-refractivity contribution in [2.45, 2.75) is 83.9 Å². The zero-order chi connectivity index (χ0) is 19.6. The lowest BCUT2D eigenvalue weighted by Crippen LogP contribution is -2.50. The van der Waals surface area contributed by atoms with Crippen LogP contribution in [0.5, 0.6) is 0 Å². The van der Waals surface area contributed by atoms with Crippen LogP contribution in [0.15, 0.2) is 22.3 Å². The van der Waals surface area contributed by atoms with Crippen molar-refractivity contribution in [3.63, 3.8) is 0 Å². The molecule has 0 saturated heterocycles. The van der Waals surface area contributed by atoms with E-state index in [-0.39, 0.29) is 36.5 Å². The Balaban J connectivity index is 2.00. The van der Waals surface area contributed by atoms with Crippen LogP contribution in [0, 0.1) is 0 Å². The van der Waals surface area contributed by atoms with Gasteiger partial charge in [0, 0.05) is 34.4 Å². The number of amides is 1. The fraction of sp³-hybridized carbons (Fsp3) is 0.650. The van der Waals surface area contributed by atoms with E-state index in [1.807, 2.05) is 0 Å². The van der Waals surface area contributed by atoms with Crippen molar-refractivity contribution in [3.8, 4) is 0 Å². The molecule has 1 saturated carbocycles. The summed E-state index contributed by atoms with van der Waals surface area (Å²) >= 11 is 0. The van der Waals surface area contributed by atoms with Crippen molar-refractivity contribution < 1.29 is 19.5 Å². The summed E-state index contributed by atoms with van der Waals surface area (Å²) in [5.41, 5.74) is 6.00. The Bertz CT molecular complexity index is 680. The third kappa shape index (κ3) is 4.30. The number of allylic oxidation sites excluding steroid dienone is 4. The van der Waals surface area contributed by atoms with Gasteiger partial charge in [-0.3, -0.25) is 14.4 Å². The summed E-state index contributed by atoms with van der Waals surface area (Å²) in [4.78, 5) is 37.1.